The second-order valence-electron chi connectivity index (χ2n) is 9.38. The Bertz CT molecular complexity index is 845. The molecule has 1 aromatic carbocycles. The molecule has 0 radical (unpaired) electrons. The van der Waals surface area contributed by atoms with Gasteiger partial charge in [0.1, 0.15) is 13.1 Å². The first-order chi connectivity index (χ1) is 16.1. The first kappa shape index (κ1) is 27.4. The molecule has 0 bridgehead atoms. The van der Waals surface area contributed by atoms with Crippen LogP contribution >= 0.6 is 0 Å². The summed E-state index contributed by atoms with van der Waals surface area (Å²) in [5.41, 5.74) is -3.00. The summed E-state index contributed by atoms with van der Waals surface area (Å²) >= 11 is 0. The molecular formula is C22H37N5O7+2. The third kappa shape index (κ3) is 6.83. The van der Waals surface area contributed by atoms with Gasteiger partial charge >= 0.3 is 11.4 Å². The largest absolute Gasteiger partial charge is 0.497 e. The Balaban J connectivity index is 0.000000242. The van der Waals surface area contributed by atoms with E-state index in [1.54, 1.807) is 0 Å². The molecule has 12 heteroatoms. The monoisotopic (exact) mass is 483 g/mol. The van der Waals surface area contributed by atoms with Gasteiger partial charge in [0.25, 0.3) is 11.4 Å². The summed E-state index contributed by atoms with van der Waals surface area (Å²) in [7, 11) is 0. The molecule has 0 amide bonds. The Morgan fingerprint density at radius 1 is 0.706 bits per heavy atom. The number of nitro groups is 3. The first-order valence-electron chi connectivity index (χ1n) is 12.1. The van der Waals surface area contributed by atoms with Crippen LogP contribution in [0.1, 0.15) is 52.4 Å². The van der Waals surface area contributed by atoms with Crippen LogP contribution in [0.4, 0.5) is 17.1 Å². The Morgan fingerprint density at radius 3 is 1.62 bits per heavy atom. The van der Waals surface area contributed by atoms with Crippen LogP contribution in [0.25, 0.3) is 0 Å². The highest BCUT2D eigenvalue weighted by Crippen LogP contribution is 2.39. The predicted octanol–water partition coefficient (Wildman–Crippen LogP) is 4.14. The number of hydrogen-bond donors (Lipinski definition) is 1. The maximum atomic E-state index is 10.4. The predicted molar refractivity (Wildman–Crippen MR) is 127 cm³/mol. The number of phenols is 1. The number of quaternary nitrogens is 2. The molecule has 2 aliphatic rings. The minimum atomic E-state index is -1.21. The number of nitro benzene ring substituents is 3. The molecule has 1 N–H and O–H groups in total. The quantitative estimate of drug-likeness (QED) is 0.375. The molecule has 0 saturated carbocycles. The molecule has 0 aromatic heterocycles. The zero-order valence-electron chi connectivity index (χ0n) is 20.2. The van der Waals surface area contributed by atoms with Crippen molar-refractivity contribution in [2.75, 3.05) is 52.4 Å². The van der Waals surface area contributed by atoms with Crippen molar-refractivity contribution in [3.05, 3.63) is 42.5 Å². The van der Waals surface area contributed by atoms with Crippen molar-refractivity contribution in [3.63, 3.8) is 0 Å². The lowest BCUT2D eigenvalue weighted by Gasteiger charge is -2.40. The smallest absolute Gasteiger partial charge is 0.324 e. The minimum absolute atomic E-state index is 0.447. The minimum Gasteiger partial charge on any atom is -0.497 e. The molecule has 1 aromatic rings. The molecule has 2 heterocycles. The summed E-state index contributed by atoms with van der Waals surface area (Å²) in [6, 6.07) is 0.894. The van der Waals surface area contributed by atoms with Crippen molar-refractivity contribution in [1.82, 2.24) is 0 Å². The van der Waals surface area contributed by atoms with Gasteiger partial charge in [-0.25, -0.2) is 0 Å². The van der Waals surface area contributed by atoms with E-state index < -0.39 is 37.6 Å². The van der Waals surface area contributed by atoms with Crippen molar-refractivity contribution in [1.29, 1.82) is 0 Å². The SMILES string of the molecule is CC[N+]1(CC)CCC[N+]2(CCCCCCC2)CC1.O=[N+]([O-])c1cc([N+](=O)[O-])c(O)c([N+](=O)[O-])c1. The van der Waals surface area contributed by atoms with Crippen molar-refractivity contribution < 1.29 is 28.8 Å². The topological polar surface area (TPSA) is 150 Å². The van der Waals surface area contributed by atoms with E-state index in [1.165, 1.54) is 99.8 Å². The molecule has 190 valence electrons. The van der Waals surface area contributed by atoms with E-state index in [0.717, 1.165) is 0 Å². The van der Waals surface area contributed by atoms with Gasteiger partial charge < -0.3 is 14.1 Å². The second-order valence-corrected chi connectivity index (χ2v) is 9.38. The van der Waals surface area contributed by atoms with Gasteiger partial charge in [-0.05, 0) is 39.5 Å². The van der Waals surface area contributed by atoms with Crippen LogP contribution in [0, 0.1) is 30.3 Å². The average molecular weight is 484 g/mol. The molecule has 0 aliphatic carbocycles. The van der Waals surface area contributed by atoms with Crippen LogP contribution in [0.3, 0.4) is 0 Å². The molecule has 1 spiro atoms. The van der Waals surface area contributed by atoms with Gasteiger partial charge in [-0.1, -0.05) is 6.42 Å². The van der Waals surface area contributed by atoms with E-state index in [0.29, 0.717) is 12.1 Å². The van der Waals surface area contributed by atoms with Gasteiger partial charge in [-0.3, -0.25) is 30.3 Å². The van der Waals surface area contributed by atoms with Crippen molar-refractivity contribution >= 4 is 17.1 Å². The Hall–Kier alpha value is -2.86. The number of non-ortho nitro benzene ring substituents is 1. The van der Waals surface area contributed by atoms with Crippen LogP contribution < -0.4 is 0 Å². The summed E-state index contributed by atoms with van der Waals surface area (Å²) in [6.45, 7) is 16.2. The lowest BCUT2D eigenvalue weighted by Crippen LogP contribution is -2.55. The van der Waals surface area contributed by atoms with E-state index >= 15 is 0 Å². The molecule has 0 unspecified atom stereocenters. The third-order valence-electron chi connectivity index (χ3n) is 7.58. The molecule has 2 aliphatic heterocycles. The van der Waals surface area contributed by atoms with Crippen LogP contribution in [0.15, 0.2) is 12.1 Å². The van der Waals surface area contributed by atoms with Crippen LogP contribution in [0.5, 0.6) is 5.75 Å². The average Bonchev–Trinajstić information content (AvgIpc) is 2.97. The van der Waals surface area contributed by atoms with E-state index in [9.17, 15) is 30.3 Å². The summed E-state index contributed by atoms with van der Waals surface area (Å²) < 4.78 is 2.86. The van der Waals surface area contributed by atoms with Crippen molar-refractivity contribution in [2.24, 2.45) is 0 Å². The van der Waals surface area contributed by atoms with Gasteiger partial charge in [0.15, 0.2) is 0 Å². The molecule has 2 saturated heterocycles. The standard InChI is InChI=1S/C16H34N2.C6H3N3O7/c1-3-17(4-2)13-10-14-18(16-15-17)11-8-6-5-7-9-12-18;10-6-4(8(13)14)1-3(7(11)12)2-5(6)9(15)16/h3-16H2,1-2H3;1-2,10H/q+2;. The maximum absolute atomic E-state index is 10.4. The lowest BCUT2D eigenvalue weighted by molar-refractivity contribution is -0.962. The fraction of sp³-hybridized carbons (Fsp3) is 0.727. The van der Waals surface area contributed by atoms with Gasteiger partial charge in [0, 0.05) is 6.42 Å². The Labute approximate surface area is 199 Å². The molecule has 2 fully saturated rings. The van der Waals surface area contributed by atoms with Crippen LogP contribution in [0.2, 0.25) is 0 Å². The molecule has 12 nitrogen and oxygen atoms in total. The molecule has 0 atom stereocenters. The fourth-order valence-electron chi connectivity index (χ4n) is 5.20. The number of rotatable bonds is 5. The fourth-order valence-corrected chi connectivity index (χ4v) is 5.20. The number of nitrogens with zero attached hydrogens (tertiary/aromatic N) is 5. The highest BCUT2D eigenvalue weighted by Gasteiger charge is 2.36. The van der Waals surface area contributed by atoms with Gasteiger partial charge in [-0.15, -0.1) is 0 Å². The van der Waals surface area contributed by atoms with Gasteiger partial charge in [-0.2, -0.15) is 0 Å². The van der Waals surface area contributed by atoms with Crippen LogP contribution in [-0.2, 0) is 0 Å². The van der Waals surface area contributed by atoms with E-state index in [4.69, 9.17) is 5.11 Å². The van der Waals surface area contributed by atoms with Gasteiger partial charge in [0.2, 0.25) is 0 Å². The maximum Gasteiger partial charge on any atom is 0.324 e. The second kappa shape index (κ2) is 12.0. The van der Waals surface area contributed by atoms with Crippen molar-refractivity contribution in [3.8, 4) is 5.75 Å². The highest BCUT2D eigenvalue weighted by atomic mass is 16.6. The van der Waals surface area contributed by atoms with E-state index in [-0.39, 0.29) is 0 Å². The molecule has 34 heavy (non-hydrogen) atoms. The normalized spacial score (nSPS) is 19.6. The lowest BCUT2D eigenvalue weighted by atomic mass is 10.1. The van der Waals surface area contributed by atoms with E-state index in [1.807, 2.05) is 0 Å². The highest BCUT2D eigenvalue weighted by molar-refractivity contribution is 5.64. The Kier molecular flexibility index (Phi) is 9.68. The number of hydrogen-bond acceptors (Lipinski definition) is 7. The van der Waals surface area contributed by atoms with Crippen molar-refractivity contribution in [2.45, 2.75) is 52.4 Å². The first-order valence-corrected chi connectivity index (χ1v) is 12.1. The van der Waals surface area contributed by atoms with E-state index in [2.05, 4.69) is 13.8 Å². The zero-order chi connectivity index (χ0) is 25.4. The van der Waals surface area contributed by atoms with Gasteiger partial charge in [0.05, 0.1) is 66.2 Å². The third-order valence-corrected chi connectivity index (χ3v) is 7.58. The number of benzene rings is 1. The summed E-state index contributed by atoms with van der Waals surface area (Å²) in [6.07, 6.45) is 8.89. The Morgan fingerprint density at radius 2 is 1.18 bits per heavy atom. The number of likely N-dealkylation sites (N-methyl/N-ethyl adjacent to an activating group) is 1. The number of phenolic OH excluding ortho intramolecular Hbond substituents is 1. The summed E-state index contributed by atoms with van der Waals surface area (Å²) in [5, 5.41) is 40.2. The number of aromatic hydroxyl groups is 1. The zero-order valence-corrected chi connectivity index (χ0v) is 20.2. The van der Waals surface area contributed by atoms with Crippen LogP contribution in [-0.4, -0.2) is 81.2 Å². The molecular weight excluding hydrogens is 446 g/mol. The summed E-state index contributed by atoms with van der Waals surface area (Å²) in [4.78, 5) is 27.8. The molecule has 3 rings (SSSR count). The summed E-state index contributed by atoms with van der Waals surface area (Å²) in [5.74, 6) is -1.21.